The molecule has 1 rings (SSSR count). The molecule has 0 radical (unpaired) electrons. The highest BCUT2D eigenvalue weighted by Gasteiger charge is 2.45. The van der Waals surface area contributed by atoms with Gasteiger partial charge in [0.05, 0.1) is 0 Å². The first-order valence-corrected chi connectivity index (χ1v) is 3.07. The fourth-order valence-electron chi connectivity index (χ4n) is 1.29. The molecular weight excluding hydrogens is 118 g/mol. The van der Waals surface area contributed by atoms with Crippen LogP contribution in [0.5, 0.6) is 0 Å². The first kappa shape index (κ1) is 6.55. The Hall–Kier alpha value is -0.570. The van der Waals surface area contributed by atoms with Crippen molar-refractivity contribution in [3.05, 3.63) is 0 Å². The average Bonchev–Trinajstić information content (AvgIpc) is 1.62. The van der Waals surface area contributed by atoms with E-state index in [0.29, 0.717) is 18.8 Å². The maximum absolute atomic E-state index is 10.4. The lowest BCUT2D eigenvalue weighted by molar-refractivity contribution is -0.150. The normalized spacial score (nSPS) is 41.8. The van der Waals surface area contributed by atoms with Crippen molar-refractivity contribution in [1.29, 1.82) is 0 Å². The van der Waals surface area contributed by atoms with Gasteiger partial charge in [0.1, 0.15) is 5.60 Å². The van der Waals surface area contributed by atoms with Gasteiger partial charge in [-0.15, -0.1) is 0 Å². The van der Waals surface area contributed by atoms with Crippen molar-refractivity contribution in [1.82, 2.24) is 0 Å². The molecule has 0 aromatic heterocycles. The zero-order chi connectivity index (χ0) is 7.07. The van der Waals surface area contributed by atoms with E-state index in [1.807, 2.05) is 6.92 Å². The summed E-state index contributed by atoms with van der Waals surface area (Å²) in [5.74, 6) is -0.136. The highest BCUT2D eigenvalue weighted by molar-refractivity contribution is 5.84. The van der Waals surface area contributed by atoms with E-state index in [2.05, 4.69) is 0 Å². The van der Waals surface area contributed by atoms with Crippen LogP contribution < -0.4 is 5.73 Å². The summed E-state index contributed by atoms with van der Waals surface area (Å²) in [5, 5.41) is 9.18. The second-order valence-corrected chi connectivity index (χ2v) is 2.91. The molecular formula is C6H11NO2. The summed E-state index contributed by atoms with van der Waals surface area (Å²) < 4.78 is 0. The predicted octanol–water partition coefficient (Wildman–Crippen LogP) is -0.367. The molecule has 1 aliphatic rings. The Morgan fingerprint density at radius 1 is 1.78 bits per heavy atom. The zero-order valence-corrected chi connectivity index (χ0v) is 5.42. The number of aliphatic hydroxyl groups is 1. The van der Waals surface area contributed by atoms with Crippen LogP contribution in [-0.2, 0) is 4.79 Å². The van der Waals surface area contributed by atoms with Gasteiger partial charge in [-0.3, -0.25) is 4.79 Å². The van der Waals surface area contributed by atoms with E-state index in [-0.39, 0.29) is 0 Å². The molecule has 0 spiro atoms. The monoisotopic (exact) mass is 129 g/mol. The summed E-state index contributed by atoms with van der Waals surface area (Å²) in [4.78, 5) is 10.4. The summed E-state index contributed by atoms with van der Waals surface area (Å²) in [6.45, 7) is 1.98. The molecule has 1 saturated carbocycles. The van der Waals surface area contributed by atoms with Crippen LogP contribution in [0.3, 0.4) is 0 Å². The van der Waals surface area contributed by atoms with Gasteiger partial charge in [0.2, 0.25) is 5.91 Å². The molecule has 52 valence electrons. The van der Waals surface area contributed by atoms with Gasteiger partial charge in [-0.25, -0.2) is 0 Å². The van der Waals surface area contributed by atoms with Crippen molar-refractivity contribution < 1.29 is 9.90 Å². The minimum absolute atomic E-state index is 0.447. The molecule has 0 bridgehead atoms. The molecule has 1 aliphatic carbocycles. The van der Waals surface area contributed by atoms with E-state index in [9.17, 15) is 9.90 Å². The Labute approximate surface area is 53.9 Å². The van der Waals surface area contributed by atoms with Gasteiger partial charge < -0.3 is 10.8 Å². The van der Waals surface area contributed by atoms with E-state index in [1.54, 1.807) is 0 Å². The minimum atomic E-state index is -1.17. The molecule has 9 heavy (non-hydrogen) atoms. The molecule has 0 heterocycles. The lowest BCUT2D eigenvalue weighted by Crippen LogP contribution is -2.53. The first-order valence-electron chi connectivity index (χ1n) is 3.07. The van der Waals surface area contributed by atoms with Crippen LogP contribution >= 0.6 is 0 Å². The number of carbonyl (C=O) groups excluding carboxylic acids is 1. The van der Waals surface area contributed by atoms with E-state index in [0.717, 1.165) is 0 Å². The summed E-state index contributed by atoms with van der Waals surface area (Å²) in [7, 11) is 0. The molecule has 0 atom stereocenters. The van der Waals surface area contributed by atoms with Gasteiger partial charge in [-0.05, 0) is 18.8 Å². The van der Waals surface area contributed by atoms with E-state index in [1.165, 1.54) is 0 Å². The van der Waals surface area contributed by atoms with Crippen LogP contribution in [-0.4, -0.2) is 16.6 Å². The molecule has 1 fully saturated rings. The van der Waals surface area contributed by atoms with Crippen molar-refractivity contribution >= 4 is 5.91 Å². The zero-order valence-electron chi connectivity index (χ0n) is 5.42. The number of nitrogens with two attached hydrogens (primary N) is 1. The van der Waals surface area contributed by atoms with E-state index >= 15 is 0 Å². The molecule has 0 aromatic carbocycles. The van der Waals surface area contributed by atoms with Gasteiger partial charge in [-0.2, -0.15) is 0 Å². The molecule has 3 heteroatoms. The highest BCUT2D eigenvalue weighted by atomic mass is 16.3. The second kappa shape index (κ2) is 1.70. The minimum Gasteiger partial charge on any atom is -0.380 e. The van der Waals surface area contributed by atoms with Crippen molar-refractivity contribution in [2.45, 2.75) is 25.4 Å². The Balaban J connectivity index is 2.50. The molecule has 0 aliphatic heterocycles. The highest BCUT2D eigenvalue weighted by Crippen LogP contribution is 2.36. The van der Waals surface area contributed by atoms with E-state index in [4.69, 9.17) is 5.73 Å². The third kappa shape index (κ3) is 0.920. The molecule has 0 unspecified atom stereocenters. The van der Waals surface area contributed by atoms with Gasteiger partial charge in [0.25, 0.3) is 0 Å². The fraction of sp³-hybridized carbons (Fsp3) is 0.833. The number of hydrogen-bond donors (Lipinski definition) is 2. The van der Waals surface area contributed by atoms with E-state index < -0.39 is 11.5 Å². The lowest BCUT2D eigenvalue weighted by Gasteiger charge is -2.38. The molecule has 0 saturated heterocycles. The molecule has 1 amide bonds. The van der Waals surface area contributed by atoms with Gasteiger partial charge in [0, 0.05) is 0 Å². The second-order valence-electron chi connectivity index (χ2n) is 2.91. The number of primary amides is 1. The Bertz CT molecular complexity index is 138. The van der Waals surface area contributed by atoms with Crippen LogP contribution in [0.2, 0.25) is 0 Å². The Morgan fingerprint density at radius 3 is 2.33 bits per heavy atom. The summed E-state index contributed by atoms with van der Waals surface area (Å²) in [6, 6.07) is 0. The van der Waals surface area contributed by atoms with Crippen LogP contribution in [0.4, 0.5) is 0 Å². The summed E-state index contributed by atoms with van der Waals surface area (Å²) >= 11 is 0. The predicted molar refractivity (Wildman–Crippen MR) is 32.5 cm³/mol. The van der Waals surface area contributed by atoms with Gasteiger partial charge in [-0.1, -0.05) is 6.92 Å². The maximum atomic E-state index is 10.4. The van der Waals surface area contributed by atoms with Crippen molar-refractivity contribution in [3.8, 4) is 0 Å². The maximum Gasteiger partial charge on any atom is 0.249 e. The topological polar surface area (TPSA) is 63.3 Å². The number of rotatable bonds is 1. The lowest BCUT2D eigenvalue weighted by atomic mass is 9.71. The van der Waals surface area contributed by atoms with Crippen LogP contribution in [0.15, 0.2) is 0 Å². The molecule has 3 nitrogen and oxygen atoms in total. The summed E-state index contributed by atoms with van der Waals surface area (Å²) in [5.41, 5.74) is 3.74. The number of amides is 1. The molecule has 3 N–H and O–H groups in total. The third-order valence-corrected chi connectivity index (χ3v) is 1.83. The Morgan fingerprint density at radius 2 is 2.22 bits per heavy atom. The van der Waals surface area contributed by atoms with Crippen molar-refractivity contribution in [2.24, 2.45) is 11.7 Å². The van der Waals surface area contributed by atoms with Crippen LogP contribution in [0.1, 0.15) is 19.8 Å². The third-order valence-electron chi connectivity index (χ3n) is 1.83. The average molecular weight is 129 g/mol. The fourth-order valence-corrected chi connectivity index (χ4v) is 1.29. The standard InChI is InChI=1S/C6H11NO2/c1-4-2-6(9,3-4)5(7)8/h4,9H,2-3H2,1H3,(H2,7,8). The largest absolute Gasteiger partial charge is 0.380 e. The number of carbonyl (C=O) groups is 1. The van der Waals surface area contributed by atoms with Gasteiger partial charge in [0.15, 0.2) is 0 Å². The van der Waals surface area contributed by atoms with Crippen molar-refractivity contribution in [3.63, 3.8) is 0 Å². The smallest absolute Gasteiger partial charge is 0.249 e. The summed E-state index contributed by atoms with van der Waals surface area (Å²) in [6.07, 6.45) is 1.06. The quantitative estimate of drug-likeness (QED) is 0.507. The van der Waals surface area contributed by atoms with Crippen LogP contribution in [0, 0.1) is 5.92 Å². The SMILES string of the molecule is CC1CC(O)(C(N)=O)C1. The van der Waals surface area contributed by atoms with Gasteiger partial charge >= 0.3 is 0 Å². The Kier molecular flexibility index (Phi) is 1.24. The van der Waals surface area contributed by atoms with Crippen molar-refractivity contribution in [2.75, 3.05) is 0 Å². The van der Waals surface area contributed by atoms with Crippen LogP contribution in [0.25, 0.3) is 0 Å². The number of hydrogen-bond acceptors (Lipinski definition) is 2. The first-order chi connectivity index (χ1) is 4.04. The molecule has 0 aromatic rings.